The second kappa shape index (κ2) is 9.98. The van der Waals surface area contributed by atoms with Crippen LogP contribution in [0.15, 0.2) is 24.3 Å². The lowest BCUT2D eigenvalue weighted by molar-refractivity contribution is -0.135. The maximum Gasteiger partial charge on any atom is 0.225 e. The summed E-state index contributed by atoms with van der Waals surface area (Å²) in [6.45, 7) is 6.00. The number of likely N-dealkylation sites (tertiary alicyclic amines) is 1. The van der Waals surface area contributed by atoms with Gasteiger partial charge in [0.1, 0.15) is 0 Å². The fourth-order valence-electron chi connectivity index (χ4n) is 4.44. The van der Waals surface area contributed by atoms with E-state index in [0.717, 1.165) is 11.1 Å². The summed E-state index contributed by atoms with van der Waals surface area (Å²) in [6, 6.07) is 7.72. The second-order valence-electron chi connectivity index (χ2n) is 8.83. The fraction of sp³-hybridized carbons (Fsp3) is 0.625. The van der Waals surface area contributed by atoms with Crippen LogP contribution >= 0.6 is 0 Å². The van der Waals surface area contributed by atoms with E-state index in [9.17, 15) is 13.2 Å². The van der Waals surface area contributed by atoms with Gasteiger partial charge in [0, 0.05) is 30.0 Å². The molecule has 164 valence electrons. The first-order valence-electron chi connectivity index (χ1n) is 11.2. The van der Waals surface area contributed by atoms with Crippen LogP contribution in [0.2, 0.25) is 0 Å². The molecule has 0 radical (unpaired) electrons. The van der Waals surface area contributed by atoms with Crippen molar-refractivity contribution in [2.45, 2.75) is 71.4 Å². The smallest absolute Gasteiger partial charge is 0.225 e. The third kappa shape index (κ3) is 5.86. The molecule has 5 nitrogen and oxygen atoms in total. The zero-order valence-electron chi connectivity index (χ0n) is 18.4. The Labute approximate surface area is 181 Å². The quantitative estimate of drug-likeness (QED) is 0.704. The molecule has 3 rings (SSSR count). The van der Waals surface area contributed by atoms with Crippen LogP contribution in [0.1, 0.15) is 64.0 Å². The standard InChI is InChI=1S/C24H34N2O3S/c1-4-30(28,29)25-22-14-15-26(24(27)18(2)3)23(22)17-21-11-7-10-20(16-21)13-12-19-8-5-6-9-19/h7,10-11,16,18-19,22-23,25H,4-6,8-9,14-15,17H2,1-3H3. The predicted octanol–water partition coefficient (Wildman–Crippen LogP) is 3.34. The van der Waals surface area contributed by atoms with Crippen LogP contribution in [-0.2, 0) is 21.2 Å². The van der Waals surface area contributed by atoms with E-state index in [-0.39, 0.29) is 29.7 Å². The summed E-state index contributed by atoms with van der Waals surface area (Å²) in [5.41, 5.74) is 2.08. The molecular formula is C24H34N2O3S. The van der Waals surface area contributed by atoms with E-state index in [0.29, 0.717) is 25.3 Å². The maximum atomic E-state index is 12.8. The molecule has 30 heavy (non-hydrogen) atoms. The predicted molar refractivity (Wildman–Crippen MR) is 120 cm³/mol. The van der Waals surface area contributed by atoms with Gasteiger partial charge in [0.15, 0.2) is 0 Å². The van der Waals surface area contributed by atoms with Crippen molar-refractivity contribution >= 4 is 15.9 Å². The number of carbonyl (C=O) groups excluding carboxylic acids is 1. The Morgan fingerprint density at radius 3 is 2.63 bits per heavy atom. The van der Waals surface area contributed by atoms with Crippen LogP contribution in [0.5, 0.6) is 0 Å². The number of nitrogens with zero attached hydrogens (tertiary/aromatic N) is 1. The van der Waals surface area contributed by atoms with Gasteiger partial charge in [0.25, 0.3) is 0 Å². The van der Waals surface area contributed by atoms with Gasteiger partial charge in [-0.2, -0.15) is 0 Å². The van der Waals surface area contributed by atoms with Gasteiger partial charge in [0.2, 0.25) is 15.9 Å². The maximum absolute atomic E-state index is 12.8. The van der Waals surface area contributed by atoms with E-state index in [2.05, 4.69) is 22.6 Å². The van der Waals surface area contributed by atoms with E-state index >= 15 is 0 Å². The van der Waals surface area contributed by atoms with Crippen LogP contribution < -0.4 is 4.72 Å². The summed E-state index contributed by atoms with van der Waals surface area (Å²) in [4.78, 5) is 14.6. The summed E-state index contributed by atoms with van der Waals surface area (Å²) in [6.07, 6.45) is 6.20. The lowest BCUT2D eigenvalue weighted by atomic mass is 9.98. The number of hydrogen-bond donors (Lipinski definition) is 1. The number of hydrogen-bond acceptors (Lipinski definition) is 3. The van der Waals surface area contributed by atoms with Crippen LogP contribution in [0, 0.1) is 23.7 Å². The highest BCUT2D eigenvalue weighted by Crippen LogP contribution is 2.26. The van der Waals surface area contributed by atoms with Gasteiger partial charge >= 0.3 is 0 Å². The van der Waals surface area contributed by atoms with Crippen molar-refractivity contribution in [1.29, 1.82) is 0 Å². The molecule has 6 heteroatoms. The molecule has 1 heterocycles. The first kappa shape index (κ1) is 22.8. The lowest BCUT2D eigenvalue weighted by Crippen LogP contribution is -2.49. The molecule has 1 aromatic carbocycles. The van der Waals surface area contributed by atoms with Crippen molar-refractivity contribution < 1.29 is 13.2 Å². The second-order valence-corrected chi connectivity index (χ2v) is 10.9. The van der Waals surface area contributed by atoms with Crippen LogP contribution in [0.25, 0.3) is 0 Å². The van der Waals surface area contributed by atoms with Crippen molar-refractivity contribution in [3.63, 3.8) is 0 Å². The van der Waals surface area contributed by atoms with Crippen molar-refractivity contribution in [3.8, 4) is 11.8 Å². The van der Waals surface area contributed by atoms with Gasteiger partial charge in [-0.15, -0.1) is 0 Å². The Balaban J connectivity index is 1.80. The first-order valence-corrected chi connectivity index (χ1v) is 12.8. The van der Waals surface area contributed by atoms with Crippen molar-refractivity contribution in [2.24, 2.45) is 11.8 Å². The molecule has 2 unspecified atom stereocenters. The molecule has 1 amide bonds. The molecule has 1 N–H and O–H groups in total. The van der Waals surface area contributed by atoms with E-state index in [1.807, 2.05) is 36.9 Å². The Bertz CT molecular complexity index is 908. The minimum Gasteiger partial charge on any atom is -0.337 e. The molecule has 0 bridgehead atoms. The molecule has 2 aliphatic rings. The number of amides is 1. The van der Waals surface area contributed by atoms with Gasteiger partial charge in [0.05, 0.1) is 11.8 Å². The summed E-state index contributed by atoms with van der Waals surface area (Å²) >= 11 is 0. The molecule has 1 aliphatic carbocycles. The van der Waals surface area contributed by atoms with Gasteiger partial charge in [-0.3, -0.25) is 4.79 Å². The molecule has 1 saturated carbocycles. The first-order chi connectivity index (χ1) is 14.3. The molecule has 0 spiro atoms. The zero-order valence-corrected chi connectivity index (χ0v) is 19.2. The number of carbonyl (C=O) groups is 1. The third-order valence-corrected chi connectivity index (χ3v) is 7.60. The summed E-state index contributed by atoms with van der Waals surface area (Å²) in [5, 5.41) is 0. The Kier molecular flexibility index (Phi) is 7.60. The third-order valence-electron chi connectivity index (χ3n) is 6.18. The SMILES string of the molecule is CCS(=O)(=O)NC1CCN(C(=O)C(C)C)C1Cc1cccc(C#CC2CCCC2)c1. The summed E-state index contributed by atoms with van der Waals surface area (Å²) in [5.74, 6) is 7.24. The summed E-state index contributed by atoms with van der Waals surface area (Å²) < 4.78 is 27.2. The monoisotopic (exact) mass is 430 g/mol. The lowest BCUT2D eigenvalue weighted by Gasteiger charge is -2.30. The van der Waals surface area contributed by atoms with Gasteiger partial charge in [-0.05, 0) is 50.3 Å². The summed E-state index contributed by atoms with van der Waals surface area (Å²) in [7, 11) is -3.33. The normalized spacial score (nSPS) is 22.3. The van der Waals surface area contributed by atoms with Crippen LogP contribution in [-0.4, -0.2) is 43.6 Å². The highest BCUT2D eigenvalue weighted by molar-refractivity contribution is 7.89. The number of sulfonamides is 1. The van der Waals surface area contributed by atoms with Crippen LogP contribution in [0.4, 0.5) is 0 Å². The van der Waals surface area contributed by atoms with E-state index < -0.39 is 10.0 Å². The van der Waals surface area contributed by atoms with E-state index in [1.54, 1.807) is 6.92 Å². The highest BCUT2D eigenvalue weighted by Gasteiger charge is 2.39. The van der Waals surface area contributed by atoms with Gasteiger partial charge in [-0.1, -0.05) is 50.7 Å². The van der Waals surface area contributed by atoms with Crippen LogP contribution in [0.3, 0.4) is 0 Å². The molecule has 1 saturated heterocycles. The van der Waals surface area contributed by atoms with Crippen molar-refractivity contribution in [3.05, 3.63) is 35.4 Å². The Morgan fingerprint density at radius 2 is 1.97 bits per heavy atom. The van der Waals surface area contributed by atoms with Crippen molar-refractivity contribution in [1.82, 2.24) is 9.62 Å². The van der Waals surface area contributed by atoms with E-state index in [1.165, 1.54) is 25.7 Å². The minimum absolute atomic E-state index is 0.0423. The topological polar surface area (TPSA) is 66.5 Å². The molecule has 1 aromatic rings. The van der Waals surface area contributed by atoms with E-state index in [4.69, 9.17) is 0 Å². The van der Waals surface area contributed by atoms with Crippen molar-refractivity contribution in [2.75, 3.05) is 12.3 Å². The Morgan fingerprint density at radius 1 is 1.23 bits per heavy atom. The number of benzene rings is 1. The largest absolute Gasteiger partial charge is 0.337 e. The number of rotatable bonds is 6. The average molecular weight is 431 g/mol. The van der Waals surface area contributed by atoms with Gasteiger partial charge < -0.3 is 4.90 Å². The molecule has 2 fully saturated rings. The van der Waals surface area contributed by atoms with Gasteiger partial charge in [-0.25, -0.2) is 13.1 Å². The fourth-order valence-corrected chi connectivity index (χ4v) is 5.34. The molecular weight excluding hydrogens is 396 g/mol. The Hall–Kier alpha value is -1.84. The number of nitrogens with one attached hydrogen (secondary N) is 1. The highest BCUT2D eigenvalue weighted by atomic mass is 32.2. The molecule has 0 aromatic heterocycles. The molecule has 2 atom stereocenters. The zero-order chi connectivity index (χ0) is 21.7. The molecule has 1 aliphatic heterocycles. The minimum atomic E-state index is -3.33. The average Bonchev–Trinajstić information content (AvgIpc) is 3.36.